The highest BCUT2D eigenvalue weighted by atomic mass is 32.2. The van der Waals surface area contributed by atoms with Crippen LogP contribution in [0.3, 0.4) is 0 Å². The van der Waals surface area contributed by atoms with Gasteiger partial charge in [-0.2, -0.15) is 0 Å². The largest absolute Gasteiger partial charge is 0.384 e. The smallest absolute Gasteiger partial charge is 0.289 e. The quantitative estimate of drug-likeness (QED) is 0.647. The van der Waals surface area contributed by atoms with Gasteiger partial charge in [0.15, 0.2) is 4.90 Å². The van der Waals surface area contributed by atoms with E-state index in [9.17, 15) is 18.5 Å². The number of hydrogen-bond acceptors (Lipinski definition) is 6. The monoisotopic (exact) mass is 294 g/mol. The van der Waals surface area contributed by atoms with E-state index < -0.39 is 25.5 Å². The highest BCUT2D eigenvalue weighted by Crippen LogP contribution is 2.25. The Hall–Kier alpha value is -2.68. The topological polar surface area (TPSA) is 128 Å². The molecule has 0 radical (unpaired) electrons. The van der Waals surface area contributed by atoms with E-state index in [1.807, 2.05) is 0 Å². The standard InChI is InChI=1S/C11H10N4O4S/c12-11-6-5-8(7-13-11)14-20(18,19)10-4-2-1-3-9(10)15(16)17/h1-7,14H,(H2,12,13). The predicted octanol–water partition coefficient (Wildman–Crippen LogP) is 1.37. The Bertz CT molecular complexity index is 743. The van der Waals surface area contributed by atoms with Crippen molar-refractivity contribution in [1.29, 1.82) is 0 Å². The third-order valence-corrected chi connectivity index (χ3v) is 3.82. The Kier molecular flexibility index (Phi) is 3.53. The van der Waals surface area contributed by atoms with Crippen LogP contribution in [0.25, 0.3) is 0 Å². The third-order valence-electron chi connectivity index (χ3n) is 2.39. The average Bonchev–Trinajstić information content (AvgIpc) is 2.41. The summed E-state index contributed by atoms with van der Waals surface area (Å²) in [5.74, 6) is 0.235. The van der Waals surface area contributed by atoms with E-state index in [1.165, 1.54) is 30.5 Å². The van der Waals surface area contributed by atoms with Crippen molar-refractivity contribution in [1.82, 2.24) is 4.98 Å². The van der Waals surface area contributed by atoms with E-state index in [1.54, 1.807) is 0 Å². The van der Waals surface area contributed by atoms with Crippen molar-refractivity contribution in [3.63, 3.8) is 0 Å². The number of aromatic nitrogens is 1. The molecule has 1 heterocycles. The summed E-state index contributed by atoms with van der Waals surface area (Å²) in [7, 11) is -4.07. The van der Waals surface area contributed by atoms with Gasteiger partial charge in [0.1, 0.15) is 5.82 Å². The van der Waals surface area contributed by atoms with E-state index >= 15 is 0 Å². The Morgan fingerprint density at radius 2 is 1.90 bits per heavy atom. The number of anilines is 2. The summed E-state index contributed by atoms with van der Waals surface area (Å²) in [4.78, 5) is 13.4. The van der Waals surface area contributed by atoms with E-state index in [2.05, 4.69) is 9.71 Å². The minimum absolute atomic E-state index is 0.164. The van der Waals surface area contributed by atoms with Crippen molar-refractivity contribution in [2.24, 2.45) is 0 Å². The lowest BCUT2D eigenvalue weighted by Gasteiger charge is -2.08. The first-order valence-electron chi connectivity index (χ1n) is 5.38. The highest BCUT2D eigenvalue weighted by molar-refractivity contribution is 7.92. The third kappa shape index (κ3) is 2.83. The van der Waals surface area contributed by atoms with Crippen LogP contribution < -0.4 is 10.5 Å². The second-order valence-electron chi connectivity index (χ2n) is 3.80. The van der Waals surface area contributed by atoms with Gasteiger partial charge in [0.25, 0.3) is 15.7 Å². The SMILES string of the molecule is Nc1ccc(NS(=O)(=O)c2ccccc2[N+](=O)[O-])cn1. The Morgan fingerprint density at radius 3 is 2.50 bits per heavy atom. The van der Waals surface area contributed by atoms with Crippen LogP contribution >= 0.6 is 0 Å². The summed E-state index contributed by atoms with van der Waals surface area (Å²) < 4.78 is 26.5. The minimum Gasteiger partial charge on any atom is -0.384 e. The van der Waals surface area contributed by atoms with Gasteiger partial charge in [0.05, 0.1) is 16.8 Å². The molecule has 2 aromatic rings. The van der Waals surface area contributed by atoms with Crippen LogP contribution in [0.5, 0.6) is 0 Å². The summed E-state index contributed by atoms with van der Waals surface area (Å²) in [6, 6.07) is 7.90. The van der Waals surface area contributed by atoms with Gasteiger partial charge in [-0.1, -0.05) is 12.1 Å². The molecule has 0 aliphatic carbocycles. The second kappa shape index (κ2) is 5.13. The number of rotatable bonds is 4. The van der Waals surface area contributed by atoms with E-state index in [-0.39, 0.29) is 11.5 Å². The van der Waals surface area contributed by atoms with E-state index in [0.29, 0.717) is 0 Å². The maximum atomic E-state index is 12.1. The van der Waals surface area contributed by atoms with Crippen LogP contribution in [0.2, 0.25) is 0 Å². The molecular formula is C11H10N4O4S. The summed E-state index contributed by atoms with van der Waals surface area (Å²) in [6.07, 6.45) is 1.22. The first kappa shape index (κ1) is 13.7. The van der Waals surface area contributed by atoms with Crippen molar-refractivity contribution in [2.45, 2.75) is 4.90 Å². The number of sulfonamides is 1. The van der Waals surface area contributed by atoms with Crippen molar-refractivity contribution in [3.8, 4) is 0 Å². The Balaban J connectivity index is 2.41. The molecule has 0 aliphatic heterocycles. The van der Waals surface area contributed by atoms with E-state index in [0.717, 1.165) is 12.1 Å². The number of nitrogens with zero attached hydrogens (tertiary/aromatic N) is 2. The number of nitrogen functional groups attached to an aromatic ring is 1. The first-order chi connectivity index (χ1) is 9.40. The molecule has 0 bridgehead atoms. The van der Waals surface area contributed by atoms with E-state index in [4.69, 9.17) is 5.73 Å². The fourth-order valence-electron chi connectivity index (χ4n) is 1.51. The van der Waals surface area contributed by atoms with Gasteiger partial charge < -0.3 is 5.73 Å². The number of pyridine rings is 1. The number of para-hydroxylation sites is 1. The van der Waals surface area contributed by atoms with Crippen LogP contribution in [0.4, 0.5) is 17.2 Å². The van der Waals surface area contributed by atoms with Gasteiger partial charge in [0.2, 0.25) is 0 Å². The van der Waals surface area contributed by atoms with Gasteiger partial charge in [-0.3, -0.25) is 14.8 Å². The maximum absolute atomic E-state index is 12.1. The number of nitro groups is 1. The molecule has 20 heavy (non-hydrogen) atoms. The number of nitro benzene ring substituents is 1. The number of nitrogens with one attached hydrogen (secondary N) is 1. The lowest BCUT2D eigenvalue weighted by Crippen LogP contribution is -2.14. The van der Waals surface area contributed by atoms with Crippen LogP contribution in [0.1, 0.15) is 0 Å². The summed E-state index contributed by atoms with van der Waals surface area (Å²) >= 11 is 0. The summed E-state index contributed by atoms with van der Waals surface area (Å²) in [5.41, 5.74) is 5.06. The molecule has 0 saturated carbocycles. The second-order valence-corrected chi connectivity index (χ2v) is 5.45. The van der Waals surface area contributed by atoms with Crippen LogP contribution in [0.15, 0.2) is 47.5 Å². The molecule has 0 fully saturated rings. The zero-order valence-electron chi connectivity index (χ0n) is 10.1. The molecule has 8 nitrogen and oxygen atoms in total. The fraction of sp³-hybridized carbons (Fsp3) is 0. The molecule has 0 amide bonds. The van der Waals surface area contributed by atoms with Crippen molar-refractivity contribution >= 4 is 27.2 Å². The van der Waals surface area contributed by atoms with Crippen LogP contribution in [0, 0.1) is 10.1 Å². The normalized spacial score (nSPS) is 11.0. The first-order valence-corrected chi connectivity index (χ1v) is 6.86. The predicted molar refractivity (Wildman–Crippen MR) is 72.6 cm³/mol. The molecule has 1 aromatic carbocycles. The number of benzene rings is 1. The highest BCUT2D eigenvalue weighted by Gasteiger charge is 2.25. The molecule has 3 N–H and O–H groups in total. The zero-order valence-corrected chi connectivity index (χ0v) is 10.9. The van der Waals surface area contributed by atoms with Gasteiger partial charge in [-0.25, -0.2) is 13.4 Å². The molecule has 9 heteroatoms. The summed E-state index contributed by atoms with van der Waals surface area (Å²) in [5, 5.41) is 10.8. The number of nitrogens with two attached hydrogens (primary N) is 1. The maximum Gasteiger partial charge on any atom is 0.289 e. The molecule has 2 rings (SSSR count). The molecule has 0 unspecified atom stereocenters. The minimum atomic E-state index is -4.07. The molecule has 0 atom stereocenters. The van der Waals surface area contributed by atoms with Crippen molar-refractivity contribution in [3.05, 3.63) is 52.7 Å². The van der Waals surface area contributed by atoms with Gasteiger partial charge in [-0.15, -0.1) is 0 Å². The molecular weight excluding hydrogens is 284 g/mol. The zero-order chi connectivity index (χ0) is 14.8. The Labute approximate surface area is 114 Å². The van der Waals surface area contributed by atoms with Crippen molar-refractivity contribution < 1.29 is 13.3 Å². The molecule has 0 spiro atoms. The Morgan fingerprint density at radius 1 is 1.20 bits per heavy atom. The molecule has 1 aromatic heterocycles. The van der Waals surface area contributed by atoms with Gasteiger partial charge >= 0.3 is 0 Å². The lowest BCUT2D eigenvalue weighted by molar-refractivity contribution is -0.387. The molecule has 104 valence electrons. The van der Waals surface area contributed by atoms with Crippen LogP contribution in [-0.2, 0) is 10.0 Å². The van der Waals surface area contributed by atoms with Crippen molar-refractivity contribution in [2.75, 3.05) is 10.5 Å². The molecule has 0 aliphatic rings. The van der Waals surface area contributed by atoms with Crippen LogP contribution in [-0.4, -0.2) is 18.3 Å². The lowest BCUT2D eigenvalue weighted by atomic mass is 10.3. The average molecular weight is 294 g/mol. The molecule has 0 saturated heterocycles. The summed E-state index contributed by atoms with van der Waals surface area (Å²) in [6.45, 7) is 0. The fourth-order valence-corrected chi connectivity index (χ4v) is 2.73. The number of hydrogen-bond donors (Lipinski definition) is 2. The van der Waals surface area contributed by atoms with Gasteiger partial charge in [0, 0.05) is 6.07 Å². The van der Waals surface area contributed by atoms with Gasteiger partial charge in [-0.05, 0) is 18.2 Å².